The molecule has 1 aromatic rings. The molecule has 0 amide bonds. The largest absolute Gasteiger partial charge is 0.323 e. The number of imidazole rings is 1. The fraction of sp³-hybridized carbons (Fsp3) is 0.375. The first-order valence-electron chi connectivity index (χ1n) is 3.68. The van der Waals surface area contributed by atoms with Gasteiger partial charge in [0, 0.05) is 24.1 Å². The molecular formula is C8H14BrN3. The lowest BCUT2D eigenvalue weighted by Crippen LogP contribution is -2.22. The second kappa shape index (κ2) is 5.11. The lowest BCUT2D eigenvalue weighted by atomic mass is 10.2. The van der Waals surface area contributed by atoms with Gasteiger partial charge in [0.25, 0.3) is 0 Å². The number of hydrogen-bond acceptors (Lipinski definition) is 2. The normalized spacial score (nSPS) is 11.8. The quantitative estimate of drug-likeness (QED) is 0.861. The summed E-state index contributed by atoms with van der Waals surface area (Å²) < 4.78 is 1.84. The number of nitrogens with two attached hydrogens (primary N) is 1. The van der Waals surface area contributed by atoms with Gasteiger partial charge in [0.2, 0.25) is 0 Å². The first-order valence-corrected chi connectivity index (χ1v) is 3.68. The molecule has 0 saturated heterocycles. The molecule has 0 aromatic carbocycles. The Morgan fingerprint density at radius 2 is 2.42 bits per heavy atom. The lowest BCUT2D eigenvalue weighted by Gasteiger charge is -2.12. The molecule has 4 heteroatoms. The van der Waals surface area contributed by atoms with Crippen molar-refractivity contribution >= 4 is 22.7 Å². The van der Waals surface area contributed by atoms with Crippen LogP contribution in [-0.2, 0) is 0 Å². The summed E-state index contributed by atoms with van der Waals surface area (Å²) in [5.41, 5.74) is 6.65. The van der Waals surface area contributed by atoms with E-state index in [1.54, 1.807) is 12.5 Å². The minimum atomic E-state index is 0. The number of nitrogens with zero attached hydrogens (tertiary/aromatic N) is 2. The van der Waals surface area contributed by atoms with Crippen molar-refractivity contribution < 1.29 is 0 Å². The summed E-state index contributed by atoms with van der Waals surface area (Å²) >= 11 is 0. The molecule has 1 heterocycles. The maximum Gasteiger partial charge on any atom is 0.0989 e. The molecule has 0 aliphatic carbocycles. The van der Waals surface area contributed by atoms with Gasteiger partial charge in [-0.25, -0.2) is 4.98 Å². The fourth-order valence-corrected chi connectivity index (χ4v) is 0.856. The molecule has 2 N–H and O–H groups in total. The van der Waals surface area contributed by atoms with Crippen molar-refractivity contribution in [1.82, 2.24) is 9.55 Å². The molecule has 1 aromatic heterocycles. The number of hydrogen-bond donors (Lipinski definition) is 1. The molecule has 68 valence electrons. The predicted octanol–water partition coefficient (Wildman–Crippen LogP) is 1.67. The zero-order valence-electron chi connectivity index (χ0n) is 7.10. The molecule has 0 radical (unpaired) electrons. The van der Waals surface area contributed by atoms with Gasteiger partial charge >= 0.3 is 0 Å². The van der Waals surface area contributed by atoms with Crippen LogP contribution in [0.25, 0.3) is 5.70 Å². The van der Waals surface area contributed by atoms with E-state index in [1.807, 2.05) is 17.7 Å². The Balaban J connectivity index is 0.00000121. The van der Waals surface area contributed by atoms with Gasteiger partial charge in [0.15, 0.2) is 0 Å². The van der Waals surface area contributed by atoms with Gasteiger partial charge in [-0.05, 0) is 6.42 Å². The summed E-state index contributed by atoms with van der Waals surface area (Å²) in [6.45, 7) is 5.90. The molecule has 0 fully saturated rings. The van der Waals surface area contributed by atoms with Crippen LogP contribution in [-0.4, -0.2) is 15.6 Å². The Kier molecular flexibility index (Phi) is 4.85. The zero-order chi connectivity index (χ0) is 8.27. The van der Waals surface area contributed by atoms with Crippen molar-refractivity contribution in [2.75, 3.05) is 0 Å². The average Bonchev–Trinajstić information content (AvgIpc) is 2.53. The van der Waals surface area contributed by atoms with Crippen LogP contribution in [0.5, 0.6) is 0 Å². The van der Waals surface area contributed by atoms with Crippen LogP contribution in [0, 0.1) is 0 Å². The molecule has 0 aliphatic rings. The van der Waals surface area contributed by atoms with Gasteiger partial charge in [0.1, 0.15) is 0 Å². The zero-order valence-corrected chi connectivity index (χ0v) is 8.82. The highest BCUT2D eigenvalue weighted by atomic mass is 79.9. The van der Waals surface area contributed by atoms with E-state index >= 15 is 0 Å². The van der Waals surface area contributed by atoms with E-state index in [-0.39, 0.29) is 23.0 Å². The van der Waals surface area contributed by atoms with E-state index in [0.29, 0.717) is 0 Å². The smallest absolute Gasteiger partial charge is 0.0989 e. The SMILES string of the molecule is Br.C=C(C(N)CC)n1ccnc1. The Labute approximate surface area is 83.1 Å². The van der Waals surface area contributed by atoms with Gasteiger partial charge in [-0.3, -0.25) is 0 Å². The van der Waals surface area contributed by atoms with E-state index in [9.17, 15) is 0 Å². The van der Waals surface area contributed by atoms with Crippen LogP contribution in [0.3, 0.4) is 0 Å². The Morgan fingerprint density at radius 1 is 1.75 bits per heavy atom. The molecule has 12 heavy (non-hydrogen) atoms. The molecule has 0 bridgehead atoms. The highest BCUT2D eigenvalue weighted by Crippen LogP contribution is 2.06. The summed E-state index contributed by atoms with van der Waals surface area (Å²) in [4.78, 5) is 3.91. The molecule has 3 nitrogen and oxygen atoms in total. The van der Waals surface area contributed by atoms with Crippen LogP contribution in [0.4, 0.5) is 0 Å². The third kappa shape index (κ3) is 2.46. The summed E-state index contributed by atoms with van der Waals surface area (Å²) in [6, 6.07) is 0.0317. The van der Waals surface area contributed by atoms with E-state index in [4.69, 9.17) is 5.73 Å². The minimum absolute atomic E-state index is 0. The number of halogens is 1. The van der Waals surface area contributed by atoms with Crippen LogP contribution in [0.2, 0.25) is 0 Å². The third-order valence-electron chi connectivity index (χ3n) is 1.70. The van der Waals surface area contributed by atoms with Gasteiger partial charge in [-0.15, -0.1) is 17.0 Å². The highest BCUT2D eigenvalue weighted by Gasteiger charge is 2.04. The standard InChI is InChI=1S/C8H13N3.BrH/c1-3-8(9)7(2)11-5-4-10-6-11;/h4-6,8H,2-3,9H2,1H3;1H. The van der Waals surface area contributed by atoms with Crippen molar-refractivity contribution in [2.45, 2.75) is 19.4 Å². The molecular weight excluding hydrogens is 218 g/mol. The van der Waals surface area contributed by atoms with E-state index < -0.39 is 0 Å². The lowest BCUT2D eigenvalue weighted by molar-refractivity contribution is 0.760. The molecule has 1 rings (SSSR count). The molecule has 0 aliphatic heterocycles. The van der Waals surface area contributed by atoms with Crippen LogP contribution in [0.1, 0.15) is 13.3 Å². The average molecular weight is 232 g/mol. The summed E-state index contributed by atoms with van der Waals surface area (Å²) in [7, 11) is 0. The van der Waals surface area contributed by atoms with Gasteiger partial charge in [0.05, 0.1) is 6.33 Å². The fourth-order valence-electron chi connectivity index (χ4n) is 0.856. The van der Waals surface area contributed by atoms with Crippen molar-refractivity contribution in [3.8, 4) is 0 Å². The minimum Gasteiger partial charge on any atom is -0.323 e. The molecule has 1 unspecified atom stereocenters. The first kappa shape index (κ1) is 11.4. The van der Waals surface area contributed by atoms with E-state index in [1.165, 1.54) is 0 Å². The van der Waals surface area contributed by atoms with Crippen molar-refractivity contribution in [2.24, 2.45) is 5.73 Å². The van der Waals surface area contributed by atoms with Crippen LogP contribution >= 0.6 is 17.0 Å². The van der Waals surface area contributed by atoms with Gasteiger partial charge in [-0.1, -0.05) is 13.5 Å². The Morgan fingerprint density at radius 3 is 2.83 bits per heavy atom. The van der Waals surface area contributed by atoms with Gasteiger partial charge in [-0.2, -0.15) is 0 Å². The van der Waals surface area contributed by atoms with Gasteiger partial charge < -0.3 is 10.3 Å². The van der Waals surface area contributed by atoms with Crippen molar-refractivity contribution in [3.05, 3.63) is 25.3 Å². The molecule has 0 saturated carbocycles. The second-order valence-corrected chi connectivity index (χ2v) is 2.48. The third-order valence-corrected chi connectivity index (χ3v) is 1.70. The van der Waals surface area contributed by atoms with Crippen molar-refractivity contribution in [3.63, 3.8) is 0 Å². The Bertz CT molecular complexity index is 230. The van der Waals surface area contributed by atoms with E-state index in [2.05, 4.69) is 11.6 Å². The highest BCUT2D eigenvalue weighted by molar-refractivity contribution is 8.93. The number of aromatic nitrogens is 2. The topological polar surface area (TPSA) is 43.8 Å². The summed E-state index contributed by atoms with van der Waals surface area (Å²) in [5.74, 6) is 0. The van der Waals surface area contributed by atoms with Crippen LogP contribution < -0.4 is 5.73 Å². The number of rotatable bonds is 3. The Hall–Kier alpha value is -0.610. The first-order chi connectivity index (χ1) is 5.25. The summed E-state index contributed by atoms with van der Waals surface area (Å²) in [6.07, 6.45) is 6.17. The maximum absolute atomic E-state index is 5.76. The maximum atomic E-state index is 5.76. The second-order valence-electron chi connectivity index (χ2n) is 2.48. The molecule has 0 spiro atoms. The van der Waals surface area contributed by atoms with Crippen LogP contribution in [0.15, 0.2) is 25.3 Å². The van der Waals surface area contributed by atoms with Crippen molar-refractivity contribution in [1.29, 1.82) is 0 Å². The van der Waals surface area contributed by atoms with E-state index in [0.717, 1.165) is 12.1 Å². The summed E-state index contributed by atoms with van der Waals surface area (Å²) in [5, 5.41) is 0. The predicted molar refractivity (Wildman–Crippen MR) is 56.1 cm³/mol. The molecule has 1 atom stereocenters. The monoisotopic (exact) mass is 231 g/mol.